The molecular weight excluding hydrogens is 232 g/mol. The molecular formula is C13H22N2O3. The van der Waals surface area contributed by atoms with E-state index in [1.54, 1.807) is 21.3 Å². The van der Waals surface area contributed by atoms with Crippen LogP contribution >= 0.6 is 0 Å². The Balaban J connectivity index is 3.22. The van der Waals surface area contributed by atoms with Gasteiger partial charge in [0.05, 0.1) is 21.3 Å². The summed E-state index contributed by atoms with van der Waals surface area (Å²) in [5.41, 5.74) is 6.65. The van der Waals surface area contributed by atoms with Crippen LogP contribution in [0.5, 0.6) is 17.2 Å². The molecule has 0 heterocycles. The fourth-order valence-corrected chi connectivity index (χ4v) is 1.68. The van der Waals surface area contributed by atoms with Gasteiger partial charge in [-0.3, -0.25) is 0 Å². The van der Waals surface area contributed by atoms with Crippen LogP contribution in [0.2, 0.25) is 0 Å². The number of ether oxygens (including phenoxy) is 3. The van der Waals surface area contributed by atoms with E-state index in [4.69, 9.17) is 19.9 Å². The van der Waals surface area contributed by atoms with Crippen molar-refractivity contribution >= 4 is 5.69 Å². The SMILES string of the molecule is COc1cc(N(C)C(C)CN)cc(OC)c1OC. The minimum absolute atomic E-state index is 0.229. The van der Waals surface area contributed by atoms with Gasteiger partial charge in [0.15, 0.2) is 11.5 Å². The Morgan fingerprint density at radius 1 is 1.11 bits per heavy atom. The van der Waals surface area contributed by atoms with Crippen molar-refractivity contribution in [1.82, 2.24) is 0 Å². The molecule has 5 heteroatoms. The minimum atomic E-state index is 0.229. The minimum Gasteiger partial charge on any atom is -0.493 e. The average molecular weight is 254 g/mol. The smallest absolute Gasteiger partial charge is 0.203 e. The highest BCUT2D eigenvalue weighted by Gasteiger charge is 2.16. The summed E-state index contributed by atoms with van der Waals surface area (Å²) < 4.78 is 15.9. The van der Waals surface area contributed by atoms with Crippen LogP contribution in [-0.4, -0.2) is 41.0 Å². The summed E-state index contributed by atoms with van der Waals surface area (Å²) in [5.74, 6) is 1.88. The van der Waals surface area contributed by atoms with E-state index in [0.717, 1.165) is 5.69 Å². The molecule has 5 nitrogen and oxygen atoms in total. The summed E-state index contributed by atoms with van der Waals surface area (Å²) >= 11 is 0. The van der Waals surface area contributed by atoms with Gasteiger partial charge in [0.1, 0.15) is 0 Å². The van der Waals surface area contributed by atoms with Crippen molar-refractivity contribution in [2.75, 3.05) is 39.8 Å². The van der Waals surface area contributed by atoms with Gasteiger partial charge in [0.25, 0.3) is 0 Å². The molecule has 2 N–H and O–H groups in total. The molecule has 0 aliphatic heterocycles. The molecule has 1 unspecified atom stereocenters. The second-order valence-corrected chi connectivity index (χ2v) is 4.08. The monoisotopic (exact) mass is 254 g/mol. The zero-order valence-corrected chi connectivity index (χ0v) is 11.7. The Labute approximate surface area is 108 Å². The summed E-state index contributed by atoms with van der Waals surface area (Å²) in [4.78, 5) is 2.07. The average Bonchev–Trinajstić information content (AvgIpc) is 2.43. The molecule has 102 valence electrons. The third-order valence-electron chi connectivity index (χ3n) is 3.06. The Kier molecular flexibility index (Phi) is 5.09. The summed E-state index contributed by atoms with van der Waals surface area (Å²) in [6, 6.07) is 4.05. The maximum Gasteiger partial charge on any atom is 0.203 e. The molecule has 0 bridgehead atoms. The third-order valence-corrected chi connectivity index (χ3v) is 3.06. The topological polar surface area (TPSA) is 57.0 Å². The Morgan fingerprint density at radius 2 is 1.61 bits per heavy atom. The predicted octanol–water partition coefficient (Wildman–Crippen LogP) is 1.50. The quantitative estimate of drug-likeness (QED) is 0.833. The molecule has 1 atom stereocenters. The first-order valence-corrected chi connectivity index (χ1v) is 5.81. The third kappa shape index (κ3) is 2.79. The van der Waals surface area contributed by atoms with Crippen LogP contribution in [-0.2, 0) is 0 Å². The van der Waals surface area contributed by atoms with Gasteiger partial charge in [0.2, 0.25) is 5.75 Å². The fourth-order valence-electron chi connectivity index (χ4n) is 1.68. The standard InChI is InChI=1S/C13H22N2O3/c1-9(8-14)15(2)10-6-11(16-3)13(18-5)12(7-10)17-4/h6-7,9H,8,14H2,1-5H3. The van der Waals surface area contributed by atoms with E-state index in [2.05, 4.69) is 11.8 Å². The first-order chi connectivity index (χ1) is 8.58. The Morgan fingerprint density at radius 3 is 1.94 bits per heavy atom. The number of hydrogen-bond acceptors (Lipinski definition) is 5. The predicted molar refractivity (Wildman–Crippen MR) is 73.0 cm³/mol. The number of methoxy groups -OCH3 is 3. The first kappa shape index (κ1) is 14.4. The summed E-state index contributed by atoms with van der Waals surface area (Å²) in [5, 5.41) is 0. The summed E-state index contributed by atoms with van der Waals surface area (Å²) in [6.45, 7) is 2.64. The van der Waals surface area contributed by atoms with Crippen molar-refractivity contribution in [3.05, 3.63) is 12.1 Å². The van der Waals surface area contributed by atoms with Gasteiger partial charge in [-0.05, 0) is 6.92 Å². The van der Waals surface area contributed by atoms with Crippen molar-refractivity contribution in [2.24, 2.45) is 5.73 Å². The number of likely N-dealkylation sites (N-methyl/N-ethyl adjacent to an activating group) is 1. The Bertz CT molecular complexity index is 371. The van der Waals surface area contributed by atoms with Gasteiger partial charge in [-0.25, -0.2) is 0 Å². The van der Waals surface area contributed by atoms with Crippen LogP contribution in [0.4, 0.5) is 5.69 Å². The van der Waals surface area contributed by atoms with E-state index in [9.17, 15) is 0 Å². The van der Waals surface area contributed by atoms with Crippen molar-refractivity contribution < 1.29 is 14.2 Å². The second-order valence-electron chi connectivity index (χ2n) is 4.08. The van der Waals surface area contributed by atoms with Gasteiger partial charge in [-0.1, -0.05) is 0 Å². The molecule has 0 saturated heterocycles. The molecule has 0 aliphatic rings. The van der Waals surface area contributed by atoms with E-state index in [-0.39, 0.29) is 6.04 Å². The molecule has 0 amide bonds. The number of benzene rings is 1. The lowest BCUT2D eigenvalue weighted by Crippen LogP contribution is -2.35. The maximum atomic E-state index is 5.68. The highest BCUT2D eigenvalue weighted by Crippen LogP contribution is 2.41. The highest BCUT2D eigenvalue weighted by atomic mass is 16.5. The molecule has 1 aromatic rings. The van der Waals surface area contributed by atoms with E-state index < -0.39 is 0 Å². The van der Waals surface area contributed by atoms with E-state index in [1.165, 1.54) is 0 Å². The van der Waals surface area contributed by atoms with Gasteiger partial charge in [-0.2, -0.15) is 0 Å². The van der Waals surface area contributed by atoms with Crippen molar-refractivity contribution in [2.45, 2.75) is 13.0 Å². The normalized spacial score (nSPS) is 11.9. The van der Waals surface area contributed by atoms with E-state index >= 15 is 0 Å². The lowest BCUT2D eigenvalue weighted by Gasteiger charge is -2.27. The van der Waals surface area contributed by atoms with E-state index in [1.807, 2.05) is 19.2 Å². The molecule has 1 aromatic carbocycles. The summed E-state index contributed by atoms with van der Waals surface area (Å²) in [6.07, 6.45) is 0. The number of anilines is 1. The maximum absolute atomic E-state index is 5.68. The number of nitrogens with two attached hydrogens (primary N) is 1. The molecule has 0 radical (unpaired) electrons. The first-order valence-electron chi connectivity index (χ1n) is 5.81. The lowest BCUT2D eigenvalue weighted by molar-refractivity contribution is 0.324. The lowest BCUT2D eigenvalue weighted by atomic mass is 10.2. The van der Waals surface area contributed by atoms with Gasteiger partial charge in [0, 0.05) is 37.5 Å². The molecule has 0 aliphatic carbocycles. The van der Waals surface area contributed by atoms with Crippen LogP contribution in [0.3, 0.4) is 0 Å². The number of nitrogens with zero attached hydrogens (tertiary/aromatic N) is 1. The zero-order chi connectivity index (χ0) is 13.7. The van der Waals surface area contributed by atoms with Crippen molar-refractivity contribution in [3.8, 4) is 17.2 Å². The van der Waals surface area contributed by atoms with E-state index in [0.29, 0.717) is 23.8 Å². The summed E-state index contributed by atoms with van der Waals surface area (Å²) in [7, 11) is 6.78. The van der Waals surface area contributed by atoms with Crippen LogP contribution in [0.1, 0.15) is 6.92 Å². The molecule has 0 saturated carbocycles. The molecule has 0 spiro atoms. The van der Waals surface area contributed by atoms with Gasteiger partial charge < -0.3 is 24.8 Å². The fraction of sp³-hybridized carbons (Fsp3) is 0.538. The second kappa shape index (κ2) is 6.35. The van der Waals surface area contributed by atoms with Crippen LogP contribution in [0, 0.1) is 0 Å². The molecule has 0 aromatic heterocycles. The number of hydrogen-bond donors (Lipinski definition) is 1. The molecule has 18 heavy (non-hydrogen) atoms. The number of rotatable bonds is 6. The largest absolute Gasteiger partial charge is 0.493 e. The Hall–Kier alpha value is -1.62. The van der Waals surface area contributed by atoms with Gasteiger partial charge >= 0.3 is 0 Å². The molecule has 1 rings (SSSR count). The highest BCUT2D eigenvalue weighted by molar-refractivity contribution is 5.63. The van der Waals surface area contributed by atoms with Gasteiger partial charge in [-0.15, -0.1) is 0 Å². The van der Waals surface area contributed by atoms with Crippen LogP contribution in [0.15, 0.2) is 12.1 Å². The van der Waals surface area contributed by atoms with Crippen LogP contribution in [0.25, 0.3) is 0 Å². The van der Waals surface area contributed by atoms with Crippen molar-refractivity contribution in [1.29, 1.82) is 0 Å². The zero-order valence-electron chi connectivity index (χ0n) is 11.7. The van der Waals surface area contributed by atoms with Crippen molar-refractivity contribution in [3.63, 3.8) is 0 Å². The van der Waals surface area contributed by atoms with Crippen LogP contribution < -0.4 is 24.8 Å². The molecule has 0 fully saturated rings.